The third-order valence-corrected chi connectivity index (χ3v) is 3.52. The minimum atomic E-state index is -0.226. The molecule has 1 unspecified atom stereocenters. The quantitative estimate of drug-likeness (QED) is 0.840. The van der Waals surface area contributed by atoms with Crippen LogP contribution >= 0.6 is 0 Å². The number of nitrogens with one attached hydrogen (secondary N) is 1. The zero-order valence-corrected chi connectivity index (χ0v) is 12.4. The Kier molecular flexibility index (Phi) is 4.80. The Morgan fingerprint density at radius 2 is 2.29 bits per heavy atom. The number of carbonyl (C=O) groups is 2. The van der Waals surface area contributed by atoms with Gasteiger partial charge in [0.2, 0.25) is 5.91 Å². The smallest absolute Gasteiger partial charge is 0.265 e. The molecular weight excluding hydrogens is 270 g/mol. The van der Waals surface area contributed by atoms with Crippen molar-refractivity contribution in [3.8, 4) is 5.75 Å². The fraction of sp³-hybridized carbons (Fsp3) is 0.467. The monoisotopic (exact) mass is 291 g/mol. The molecule has 0 bridgehead atoms. The topological polar surface area (TPSA) is 84.7 Å². The molecule has 3 N–H and O–H groups in total. The summed E-state index contributed by atoms with van der Waals surface area (Å²) in [5, 5.41) is 2.86. The van der Waals surface area contributed by atoms with E-state index < -0.39 is 0 Å². The van der Waals surface area contributed by atoms with E-state index in [1.807, 2.05) is 19.9 Å². The second kappa shape index (κ2) is 6.58. The van der Waals surface area contributed by atoms with Crippen LogP contribution in [0.3, 0.4) is 0 Å². The van der Waals surface area contributed by atoms with Crippen LogP contribution in [0, 0.1) is 0 Å². The average Bonchev–Trinajstić information content (AvgIpc) is 2.49. The van der Waals surface area contributed by atoms with Crippen LogP contribution in [-0.4, -0.2) is 31.0 Å². The molecule has 0 radical (unpaired) electrons. The maximum atomic E-state index is 12.0. The summed E-state index contributed by atoms with van der Waals surface area (Å²) < 4.78 is 5.39. The zero-order chi connectivity index (χ0) is 15.4. The summed E-state index contributed by atoms with van der Waals surface area (Å²) in [5.41, 5.74) is 7.12. The van der Waals surface area contributed by atoms with Gasteiger partial charge in [-0.25, -0.2) is 0 Å². The molecule has 1 aromatic carbocycles. The lowest BCUT2D eigenvalue weighted by Crippen LogP contribution is -2.46. The third-order valence-electron chi connectivity index (χ3n) is 3.52. The average molecular weight is 291 g/mol. The van der Waals surface area contributed by atoms with Gasteiger partial charge in [-0.3, -0.25) is 14.5 Å². The molecule has 1 aliphatic rings. The molecule has 1 aliphatic heterocycles. The number of fused-ring (bicyclic) bond motifs is 1. The SMILES string of the molecule is CCC(C)NC(=O)CN1C(=O)COc2ccc(CN)cc21. The molecule has 1 aromatic rings. The maximum absolute atomic E-state index is 12.0. The molecule has 0 aliphatic carbocycles. The Morgan fingerprint density at radius 3 is 2.95 bits per heavy atom. The molecule has 1 heterocycles. The van der Waals surface area contributed by atoms with Crippen LogP contribution < -0.4 is 20.7 Å². The van der Waals surface area contributed by atoms with E-state index >= 15 is 0 Å². The highest BCUT2D eigenvalue weighted by atomic mass is 16.5. The summed E-state index contributed by atoms with van der Waals surface area (Å²) >= 11 is 0. The largest absolute Gasteiger partial charge is 0.482 e. The van der Waals surface area contributed by atoms with Crippen molar-refractivity contribution in [1.29, 1.82) is 0 Å². The fourth-order valence-electron chi connectivity index (χ4n) is 2.11. The Morgan fingerprint density at radius 1 is 1.52 bits per heavy atom. The van der Waals surface area contributed by atoms with Gasteiger partial charge in [-0.1, -0.05) is 13.0 Å². The van der Waals surface area contributed by atoms with E-state index in [9.17, 15) is 9.59 Å². The normalized spacial score (nSPS) is 15.2. The molecule has 0 spiro atoms. The highest BCUT2D eigenvalue weighted by molar-refractivity contribution is 6.02. The van der Waals surface area contributed by atoms with Gasteiger partial charge in [-0.15, -0.1) is 0 Å². The van der Waals surface area contributed by atoms with E-state index in [2.05, 4.69) is 5.32 Å². The summed E-state index contributed by atoms with van der Waals surface area (Å²) in [4.78, 5) is 25.5. The van der Waals surface area contributed by atoms with Crippen LogP contribution in [0.5, 0.6) is 5.75 Å². The van der Waals surface area contributed by atoms with Gasteiger partial charge in [0.05, 0.1) is 5.69 Å². The van der Waals surface area contributed by atoms with Crippen molar-refractivity contribution in [2.75, 3.05) is 18.1 Å². The summed E-state index contributed by atoms with van der Waals surface area (Å²) in [6, 6.07) is 5.52. The van der Waals surface area contributed by atoms with E-state index in [0.29, 0.717) is 18.0 Å². The van der Waals surface area contributed by atoms with Gasteiger partial charge in [0.15, 0.2) is 6.61 Å². The number of amides is 2. The number of nitrogens with zero attached hydrogens (tertiary/aromatic N) is 1. The number of ether oxygens (including phenoxy) is 1. The van der Waals surface area contributed by atoms with Crippen molar-refractivity contribution >= 4 is 17.5 Å². The molecule has 21 heavy (non-hydrogen) atoms. The lowest BCUT2D eigenvalue weighted by atomic mass is 10.1. The predicted octanol–water partition coefficient (Wildman–Crippen LogP) is 0.785. The lowest BCUT2D eigenvalue weighted by Gasteiger charge is -2.29. The Labute approximate surface area is 124 Å². The molecule has 0 saturated carbocycles. The van der Waals surface area contributed by atoms with Crippen molar-refractivity contribution in [2.45, 2.75) is 32.9 Å². The minimum absolute atomic E-state index is 0.00639. The maximum Gasteiger partial charge on any atom is 0.265 e. The van der Waals surface area contributed by atoms with Crippen LogP contribution in [0.1, 0.15) is 25.8 Å². The predicted molar refractivity (Wildman–Crippen MR) is 80.1 cm³/mol. The second-order valence-electron chi connectivity index (χ2n) is 5.15. The summed E-state index contributed by atoms with van der Waals surface area (Å²) in [6.45, 7) is 4.24. The fourth-order valence-corrected chi connectivity index (χ4v) is 2.11. The van der Waals surface area contributed by atoms with Gasteiger partial charge in [0.25, 0.3) is 5.91 Å². The zero-order valence-electron chi connectivity index (χ0n) is 12.4. The highest BCUT2D eigenvalue weighted by Gasteiger charge is 2.27. The van der Waals surface area contributed by atoms with Crippen molar-refractivity contribution in [1.82, 2.24) is 5.32 Å². The number of anilines is 1. The molecule has 114 valence electrons. The first kappa shape index (κ1) is 15.3. The highest BCUT2D eigenvalue weighted by Crippen LogP contribution is 2.32. The Hall–Kier alpha value is -2.08. The van der Waals surface area contributed by atoms with Crippen molar-refractivity contribution in [3.05, 3.63) is 23.8 Å². The molecule has 0 aromatic heterocycles. The van der Waals surface area contributed by atoms with Gasteiger partial charge >= 0.3 is 0 Å². The molecule has 0 fully saturated rings. The van der Waals surface area contributed by atoms with E-state index in [-0.39, 0.29) is 31.0 Å². The number of carbonyl (C=O) groups excluding carboxylic acids is 2. The molecule has 0 saturated heterocycles. The number of hydrogen-bond acceptors (Lipinski definition) is 4. The summed E-state index contributed by atoms with van der Waals surface area (Å²) in [6.07, 6.45) is 0.844. The summed E-state index contributed by atoms with van der Waals surface area (Å²) in [5.74, 6) is 0.197. The number of benzene rings is 1. The van der Waals surface area contributed by atoms with Crippen LogP contribution in [0.4, 0.5) is 5.69 Å². The standard InChI is InChI=1S/C15H21N3O3/c1-3-10(2)17-14(19)8-18-12-6-11(7-16)4-5-13(12)21-9-15(18)20/h4-6,10H,3,7-9,16H2,1-2H3,(H,17,19). The first-order chi connectivity index (χ1) is 10.0. The lowest BCUT2D eigenvalue weighted by molar-refractivity contribution is -0.125. The number of hydrogen-bond donors (Lipinski definition) is 2. The summed E-state index contributed by atoms with van der Waals surface area (Å²) in [7, 11) is 0. The van der Waals surface area contributed by atoms with Gasteiger partial charge in [-0.2, -0.15) is 0 Å². The van der Waals surface area contributed by atoms with Gasteiger partial charge in [0, 0.05) is 12.6 Å². The van der Waals surface area contributed by atoms with Crippen LogP contribution in [0.25, 0.3) is 0 Å². The van der Waals surface area contributed by atoms with E-state index in [1.54, 1.807) is 12.1 Å². The van der Waals surface area contributed by atoms with Gasteiger partial charge < -0.3 is 15.8 Å². The van der Waals surface area contributed by atoms with E-state index in [0.717, 1.165) is 12.0 Å². The molecule has 6 heteroatoms. The van der Waals surface area contributed by atoms with Gasteiger partial charge in [0.1, 0.15) is 12.3 Å². The van der Waals surface area contributed by atoms with E-state index in [4.69, 9.17) is 10.5 Å². The first-order valence-electron chi connectivity index (χ1n) is 7.10. The third kappa shape index (κ3) is 3.52. The number of nitrogens with two attached hydrogens (primary N) is 1. The van der Waals surface area contributed by atoms with Crippen molar-refractivity contribution in [3.63, 3.8) is 0 Å². The minimum Gasteiger partial charge on any atom is -0.482 e. The second-order valence-corrected chi connectivity index (χ2v) is 5.15. The van der Waals surface area contributed by atoms with Crippen LogP contribution in [-0.2, 0) is 16.1 Å². The molecule has 2 rings (SSSR count). The van der Waals surface area contributed by atoms with E-state index in [1.165, 1.54) is 4.90 Å². The van der Waals surface area contributed by atoms with Crippen LogP contribution in [0.15, 0.2) is 18.2 Å². The molecule has 2 amide bonds. The molecular formula is C15H21N3O3. The first-order valence-corrected chi connectivity index (χ1v) is 7.10. The molecule has 6 nitrogen and oxygen atoms in total. The van der Waals surface area contributed by atoms with Crippen molar-refractivity contribution in [2.24, 2.45) is 5.73 Å². The molecule has 1 atom stereocenters. The van der Waals surface area contributed by atoms with Gasteiger partial charge in [-0.05, 0) is 31.0 Å². The Bertz CT molecular complexity index is 545. The van der Waals surface area contributed by atoms with Crippen LogP contribution in [0.2, 0.25) is 0 Å². The Balaban J connectivity index is 2.19. The van der Waals surface area contributed by atoms with Crippen molar-refractivity contribution < 1.29 is 14.3 Å². The number of rotatable bonds is 5.